The summed E-state index contributed by atoms with van der Waals surface area (Å²) in [6, 6.07) is 17.5. The third-order valence-corrected chi connectivity index (χ3v) is 3.23. The minimum absolute atomic E-state index is 0.0983. The van der Waals surface area contributed by atoms with Gasteiger partial charge < -0.3 is 5.32 Å². The molecule has 2 aromatic carbocycles. The van der Waals surface area contributed by atoms with Gasteiger partial charge in [0, 0.05) is 18.2 Å². The average molecular weight is 235 g/mol. The standard InChI is InChI=1S/C16H13NO/c1-17-15-12-9-5-6-10-13(12)16(18)14(15)11-7-3-2-4-8-11/h2-10,17H,1H3. The predicted octanol–water partition coefficient (Wildman–Crippen LogP) is 2.97. The highest BCUT2D eigenvalue weighted by molar-refractivity contribution is 6.39. The molecule has 2 aromatic rings. The van der Waals surface area contributed by atoms with Crippen molar-refractivity contribution in [3.05, 3.63) is 71.3 Å². The summed E-state index contributed by atoms with van der Waals surface area (Å²) < 4.78 is 0. The molecule has 0 saturated carbocycles. The van der Waals surface area contributed by atoms with Crippen molar-refractivity contribution in [1.82, 2.24) is 5.32 Å². The number of nitrogens with one attached hydrogen (secondary N) is 1. The lowest BCUT2D eigenvalue weighted by Crippen LogP contribution is -2.05. The number of allylic oxidation sites excluding steroid dienone is 1. The maximum atomic E-state index is 12.5. The van der Waals surface area contributed by atoms with Crippen LogP contribution in [0, 0.1) is 0 Å². The summed E-state index contributed by atoms with van der Waals surface area (Å²) in [5.41, 5.74) is 4.41. The van der Waals surface area contributed by atoms with Gasteiger partial charge in [0.2, 0.25) is 0 Å². The molecule has 0 aromatic heterocycles. The molecule has 0 amide bonds. The van der Waals surface area contributed by atoms with Crippen LogP contribution in [0.1, 0.15) is 21.5 Å². The molecule has 1 aliphatic rings. The molecule has 1 aliphatic carbocycles. The molecule has 0 unspecified atom stereocenters. The monoisotopic (exact) mass is 235 g/mol. The van der Waals surface area contributed by atoms with Crippen molar-refractivity contribution in [2.75, 3.05) is 7.05 Å². The smallest absolute Gasteiger partial charge is 0.196 e. The van der Waals surface area contributed by atoms with Gasteiger partial charge in [-0.3, -0.25) is 4.79 Å². The number of hydrogen-bond acceptors (Lipinski definition) is 2. The van der Waals surface area contributed by atoms with Crippen LogP contribution in [-0.2, 0) is 0 Å². The van der Waals surface area contributed by atoms with E-state index in [0.29, 0.717) is 0 Å². The molecule has 0 spiro atoms. The normalized spacial score (nSPS) is 13.7. The summed E-state index contributed by atoms with van der Waals surface area (Å²) in [7, 11) is 1.85. The number of carbonyl (C=O) groups excluding carboxylic acids is 1. The van der Waals surface area contributed by atoms with Crippen LogP contribution >= 0.6 is 0 Å². The molecule has 2 nitrogen and oxygen atoms in total. The molecule has 88 valence electrons. The zero-order valence-electron chi connectivity index (χ0n) is 10.1. The molecule has 0 fully saturated rings. The summed E-state index contributed by atoms with van der Waals surface area (Å²) in [5, 5.41) is 3.16. The number of Topliss-reactive ketones (excluding diaryl/α,β-unsaturated/α-hetero) is 1. The minimum Gasteiger partial charge on any atom is -0.387 e. The fourth-order valence-electron chi connectivity index (χ4n) is 2.42. The third kappa shape index (κ3) is 1.46. The van der Waals surface area contributed by atoms with Gasteiger partial charge in [-0.15, -0.1) is 0 Å². The van der Waals surface area contributed by atoms with E-state index in [1.807, 2.05) is 61.6 Å². The lowest BCUT2D eigenvalue weighted by molar-refractivity contribution is 0.105. The summed E-state index contributed by atoms with van der Waals surface area (Å²) in [6.45, 7) is 0. The number of rotatable bonds is 2. The second kappa shape index (κ2) is 4.15. The Morgan fingerprint density at radius 2 is 1.44 bits per heavy atom. The Kier molecular flexibility index (Phi) is 2.49. The van der Waals surface area contributed by atoms with Crippen molar-refractivity contribution >= 4 is 17.1 Å². The molecule has 0 radical (unpaired) electrons. The zero-order chi connectivity index (χ0) is 12.5. The molecule has 0 saturated heterocycles. The van der Waals surface area contributed by atoms with Crippen LogP contribution in [0.2, 0.25) is 0 Å². The molecule has 18 heavy (non-hydrogen) atoms. The zero-order valence-corrected chi connectivity index (χ0v) is 10.1. The van der Waals surface area contributed by atoms with Crippen LogP contribution in [0.3, 0.4) is 0 Å². The Labute approximate surface area is 106 Å². The van der Waals surface area contributed by atoms with Gasteiger partial charge in [0.25, 0.3) is 0 Å². The van der Waals surface area contributed by atoms with Crippen molar-refractivity contribution in [1.29, 1.82) is 0 Å². The largest absolute Gasteiger partial charge is 0.387 e. The van der Waals surface area contributed by atoms with Crippen molar-refractivity contribution in [2.45, 2.75) is 0 Å². The van der Waals surface area contributed by atoms with Gasteiger partial charge in [0.1, 0.15) is 0 Å². The van der Waals surface area contributed by atoms with Crippen molar-refractivity contribution in [2.24, 2.45) is 0 Å². The molecule has 2 heteroatoms. The predicted molar refractivity (Wildman–Crippen MR) is 73.1 cm³/mol. The number of carbonyl (C=O) groups is 1. The topological polar surface area (TPSA) is 29.1 Å². The van der Waals surface area contributed by atoms with Gasteiger partial charge in [0.05, 0.1) is 11.3 Å². The lowest BCUT2D eigenvalue weighted by atomic mass is 10.0. The molecule has 0 aliphatic heterocycles. The summed E-state index contributed by atoms with van der Waals surface area (Å²) >= 11 is 0. The van der Waals surface area contributed by atoms with Gasteiger partial charge >= 0.3 is 0 Å². The first-order valence-electron chi connectivity index (χ1n) is 5.94. The Balaban J connectivity index is 2.24. The van der Waals surface area contributed by atoms with E-state index < -0.39 is 0 Å². The maximum Gasteiger partial charge on any atom is 0.196 e. The molecule has 0 heterocycles. The number of fused-ring (bicyclic) bond motifs is 1. The molecule has 0 bridgehead atoms. The maximum absolute atomic E-state index is 12.5. The van der Waals surface area contributed by atoms with Crippen molar-refractivity contribution in [3.8, 4) is 0 Å². The number of benzene rings is 2. The first-order chi connectivity index (χ1) is 8.83. The van der Waals surface area contributed by atoms with Gasteiger partial charge in [-0.2, -0.15) is 0 Å². The van der Waals surface area contributed by atoms with Gasteiger partial charge in [-0.25, -0.2) is 0 Å². The Morgan fingerprint density at radius 1 is 0.833 bits per heavy atom. The summed E-state index contributed by atoms with van der Waals surface area (Å²) in [5.74, 6) is 0.0983. The van der Waals surface area contributed by atoms with Crippen LogP contribution in [-0.4, -0.2) is 12.8 Å². The lowest BCUT2D eigenvalue weighted by Gasteiger charge is -2.06. The quantitative estimate of drug-likeness (QED) is 0.867. The van der Waals surface area contributed by atoms with Crippen LogP contribution in [0.15, 0.2) is 54.6 Å². The molecule has 0 atom stereocenters. The van der Waals surface area contributed by atoms with E-state index in [0.717, 1.165) is 28.0 Å². The SMILES string of the molecule is CNC1=C(c2ccccc2)C(=O)c2ccccc21. The van der Waals surface area contributed by atoms with Crippen molar-refractivity contribution in [3.63, 3.8) is 0 Å². The first kappa shape index (κ1) is 10.8. The van der Waals surface area contributed by atoms with Gasteiger partial charge in [-0.05, 0) is 5.56 Å². The van der Waals surface area contributed by atoms with Crippen LogP contribution < -0.4 is 5.32 Å². The highest BCUT2D eigenvalue weighted by Crippen LogP contribution is 2.36. The number of hydrogen-bond donors (Lipinski definition) is 1. The Bertz CT molecular complexity index is 641. The fraction of sp³-hybridized carbons (Fsp3) is 0.0625. The Hall–Kier alpha value is -2.35. The molecule has 3 rings (SSSR count). The molecular weight excluding hydrogens is 222 g/mol. The second-order valence-electron chi connectivity index (χ2n) is 4.24. The van der Waals surface area contributed by atoms with E-state index in [-0.39, 0.29) is 5.78 Å². The van der Waals surface area contributed by atoms with E-state index in [2.05, 4.69) is 5.32 Å². The summed E-state index contributed by atoms with van der Waals surface area (Å²) in [4.78, 5) is 12.5. The van der Waals surface area contributed by atoms with Crippen LogP contribution in [0.25, 0.3) is 11.3 Å². The minimum atomic E-state index is 0.0983. The van der Waals surface area contributed by atoms with Crippen molar-refractivity contribution < 1.29 is 4.79 Å². The molecule has 1 N–H and O–H groups in total. The first-order valence-corrected chi connectivity index (χ1v) is 5.94. The average Bonchev–Trinajstić information content (AvgIpc) is 2.73. The third-order valence-electron chi connectivity index (χ3n) is 3.23. The van der Waals surface area contributed by atoms with E-state index in [1.54, 1.807) is 0 Å². The van der Waals surface area contributed by atoms with Gasteiger partial charge in [-0.1, -0.05) is 54.6 Å². The highest BCUT2D eigenvalue weighted by atomic mass is 16.1. The van der Waals surface area contributed by atoms with E-state index >= 15 is 0 Å². The molecular formula is C16H13NO. The second-order valence-corrected chi connectivity index (χ2v) is 4.24. The van der Waals surface area contributed by atoms with E-state index in [4.69, 9.17) is 0 Å². The Morgan fingerprint density at radius 3 is 2.11 bits per heavy atom. The van der Waals surface area contributed by atoms with E-state index in [9.17, 15) is 4.79 Å². The van der Waals surface area contributed by atoms with Crippen LogP contribution in [0.4, 0.5) is 0 Å². The highest BCUT2D eigenvalue weighted by Gasteiger charge is 2.29. The van der Waals surface area contributed by atoms with E-state index in [1.165, 1.54) is 0 Å². The van der Waals surface area contributed by atoms with Crippen LogP contribution in [0.5, 0.6) is 0 Å². The number of ketones is 1. The van der Waals surface area contributed by atoms with Gasteiger partial charge in [0.15, 0.2) is 5.78 Å². The summed E-state index contributed by atoms with van der Waals surface area (Å²) in [6.07, 6.45) is 0. The fourth-order valence-corrected chi connectivity index (χ4v) is 2.42.